The summed E-state index contributed by atoms with van der Waals surface area (Å²) < 4.78 is 0. The SMILES string of the molecule is c1csc(-c2nc(NCCc3cnc[nH]3)c3ccccc3n2)c1. The van der Waals surface area contributed by atoms with Gasteiger partial charge in [-0.1, -0.05) is 18.2 Å². The maximum Gasteiger partial charge on any atom is 0.172 e. The van der Waals surface area contributed by atoms with Crippen molar-refractivity contribution in [1.82, 2.24) is 19.9 Å². The molecule has 4 rings (SSSR count). The Labute approximate surface area is 137 Å². The van der Waals surface area contributed by atoms with Crippen molar-refractivity contribution < 1.29 is 0 Å². The quantitative estimate of drug-likeness (QED) is 0.588. The molecule has 2 N–H and O–H groups in total. The summed E-state index contributed by atoms with van der Waals surface area (Å²) in [6, 6.07) is 12.1. The van der Waals surface area contributed by atoms with Gasteiger partial charge >= 0.3 is 0 Å². The molecule has 23 heavy (non-hydrogen) atoms. The van der Waals surface area contributed by atoms with Gasteiger partial charge in [0.05, 0.1) is 16.7 Å². The Morgan fingerprint density at radius 1 is 1.09 bits per heavy atom. The van der Waals surface area contributed by atoms with E-state index in [-0.39, 0.29) is 0 Å². The summed E-state index contributed by atoms with van der Waals surface area (Å²) >= 11 is 1.65. The van der Waals surface area contributed by atoms with E-state index in [4.69, 9.17) is 4.98 Å². The van der Waals surface area contributed by atoms with E-state index in [1.165, 1.54) is 0 Å². The van der Waals surface area contributed by atoms with Crippen LogP contribution in [0, 0.1) is 0 Å². The minimum Gasteiger partial charge on any atom is -0.369 e. The maximum absolute atomic E-state index is 4.72. The van der Waals surface area contributed by atoms with Gasteiger partial charge in [-0.25, -0.2) is 15.0 Å². The monoisotopic (exact) mass is 321 g/mol. The van der Waals surface area contributed by atoms with Crippen LogP contribution >= 0.6 is 11.3 Å². The molecule has 0 saturated heterocycles. The molecular weight excluding hydrogens is 306 g/mol. The molecule has 0 aliphatic heterocycles. The number of benzene rings is 1. The summed E-state index contributed by atoms with van der Waals surface area (Å²) in [5.41, 5.74) is 2.06. The minimum absolute atomic E-state index is 0.766. The zero-order chi connectivity index (χ0) is 15.5. The molecule has 114 valence electrons. The lowest BCUT2D eigenvalue weighted by Gasteiger charge is -2.10. The molecule has 0 atom stereocenters. The van der Waals surface area contributed by atoms with Crippen LogP contribution in [0.4, 0.5) is 5.82 Å². The molecule has 0 spiro atoms. The number of hydrogen-bond acceptors (Lipinski definition) is 5. The van der Waals surface area contributed by atoms with E-state index in [9.17, 15) is 0 Å². The first-order valence-electron chi connectivity index (χ1n) is 7.42. The molecule has 3 aromatic heterocycles. The normalized spacial score (nSPS) is 11.0. The molecule has 0 bridgehead atoms. The van der Waals surface area contributed by atoms with Gasteiger partial charge in [-0.15, -0.1) is 11.3 Å². The van der Waals surface area contributed by atoms with Gasteiger partial charge < -0.3 is 10.3 Å². The Hall–Kier alpha value is -2.73. The number of nitrogens with one attached hydrogen (secondary N) is 2. The molecule has 6 heteroatoms. The second-order valence-corrected chi connectivity index (χ2v) is 6.09. The highest BCUT2D eigenvalue weighted by Gasteiger charge is 2.09. The Kier molecular flexibility index (Phi) is 3.73. The average Bonchev–Trinajstić information content (AvgIpc) is 3.28. The summed E-state index contributed by atoms with van der Waals surface area (Å²) in [5, 5.41) is 6.51. The Balaban J connectivity index is 1.66. The zero-order valence-electron chi connectivity index (χ0n) is 12.4. The molecule has 0 amide bonds. The Morgan fingerprint density at radius 3 is 2.87 bits per heavy atom. The summed E-state index contributed by atoms with van der Waals surface area (Å²) in [6.07, 6.45) is 4.41. The third-order valence-corrected chi connectivity index (χ3v) is 4.45. The fraction of sp³-hybridized carbons (Fsp3) is 0.118. The van der Waals surface area contributed by atoms with E-state index in [0.717, 1.165) is 46.1 Å². The first-order chi connectivity index (χ1) is 11.4. The van der Waals surface area contributed by atoms with Crippen molar-refractivity contribution in [2.75, 3.05) is 11.9 Å². The molecule has 0 unspecified atom stereocenters. The summed E-state index contributed by atoms with van der Waals surface area (Å²) in [5.74, 6) is 1.64. The standard InChI is InChI=1S/C17H15N5S/c1-2-5-14-13(4-1)16(19-8-7-12-10-18-11-20-12)22-17(21-14)15-6-3-9-23-15/h1-6,9-11H,7-8H2,(H,18,20)(H,19,21,22). The van der Waals surface area contributed by atoms with Crippen molar-refractivity contribution in [3.05, 3.63) is 60.0 Å². The lowest BCUT2D eigenvalue weighted by Crippen LogP contribution is -2.08. The van der Waals surface area contributed by atoms with Crippen LogP contribution in [-0.4, -0.2) is 26.5 Å². The van der Waals surface area contributed by atoms with Gasteiger partial charge in [0.1, 0.15) is 5.82 Å². The number of H-pyrrole nitrogens is 1. The second-order valence-electron chi connectivity index (χ2n) is 5.14. The van der Waals surface area contributed by atoms with E-state index in [1.807, 2.05) is 48.0 Å². The van der Waals surface area contributed by atoms with Gasteiger partial charge in [0, 0.05) is 30.2 Å². The fourth-order valence-electron chi connectivity index (χ4n) is 2.46. The highest BCUT2D eigenvalue weighted by atomic mass is 32.1. The van der Waals surface area contributed by atoms with Gasteiger partial charge in [-0.2, -0.15) is 0 Å². The zero-order valence-corrected chi connectivity index (χ0v) is 13.2. The van der Waals surface area contributed by atoms with Crippen LogP contribution in [0.3, 0.4) is 0 Å². The number of anilines is 1. The van der Waals surface area contributed by atoms with Gasteiger partial charge in [0.2, 0.25) is 0 Å². The van der Waals surface area contributed by atoms with Crippen molar-refractivity contribution in [2.24, 2.45) is 0 Å². The lowest BCUT2D eigenvalue weighted by molar-refractivity contribution is 0.969. The first kappa shape index (κ1) is 13.9. The van der Waals surface area contributed by atoms with Crippen molar-refractivity contribution in [3.8, 4) is 10.7 Å². The average molecular weight is 321 g/mol. The molecule has 0 fully saturated rings. The molecular formula is C17H15N5S. The number of fused-ring (bicyclic) bond motifs is 1. The predicted molar refractivity (Wildman–Crippen MR) is 93.6 cm³/mol. The van der Waals surface area contributed by atoms with Crippen molar-refractivity contribution in [1.29, 1.82) is 0 Å². The topological polar surface area (TPSA) is 66.5 Å². The van der Waals surface area contributed by atoms with Crippen LogP contribution in [0.1, 0.15) is 5.69 Å². The highest BCUT2D eigenvalue weighted by molar-refractivity contribution is 7.13. The predicted octanol–water partition coefficient (Wildman–Crippen LogP) is 3.74. The van der Waals surface area contributed by atoms with Gasteiger partial charge in [-0.3, -0.25) is 0 Å². The number of aromatic amines is 1. The van der Waals surface area contributed by atoms with E-state index in [2.05, 4.69) is 20.3 Å². The smallest absolute Gasteiger partial charge is 0.172 e. The molecule has 5 nitrogen and oxygen atoms in total. The molecule has 0 aliphatic carbocycles. The highest BCUT2D eigenvalue weighted by Crippen LogP contribution is 2.27. The number of thiophene rings is 1. The molecule has 0 radical (unpaired) electrons. The number of imidazole rings is 1. The number of para-hydroxylation sites is 1. The van der Waals surface area contributed by atoms with Crippen LogP contribution < -0.4 is 5.32 Å². The minimum atomic E-state index is 0.766. The maximum atomic E-state index is 4.72. The van der Waals surface area contributed by atoms with Crippen LogP contribution in [0.5, 0.6) is 0 Å². The van der Waals surface area contributed by atoms with Crippen molar-refractivity contribution >= 4 is 28.1 Å². The summed E-state index contributed by atoms with van der Waals surface area (Å²) in [6.45, 7) is 0.785. The molecule has 0 aliphatic rings. The van der Waals surface area contributed by atoms with Crippen LogP contribution in [0.2, 0.25) is 0 Å². The fourth-order valence-corrected chi connectivity index (χ4v) is 3.12. The third kappa shape index (κ3) is 2.93. The van der Waals surface area contributed by atoms with Crippen molar-refractivity contribution in [3.63, 3.8) is 0 Å². The molecule has 1 aromatic carbocycles. The Morgan fingerprint density at radius 2 is 2.04 bits per heavy atom. The molecule has 3 heterocycles. The van der Waals surface area contributed by atoms with Crippen molar-refractivity contribution in [2.45, 2.75) is 6.42 Å². The number of aromatic nitrogens is 4. The van der Waals surface area contributed by atoms with Crippen LogP contribution in [0.15, 0.2) is 54.3 Å². The van der Waals surface area contributed by atoms with Crippen LogP contribution in [0.25, 0.3) is 21.6 Å². The second kappa shape index (κ2) is 6.18. The largest absolute Gasteiger partial charge is 0.369 e. The van der Waals surface area contributed by atoms with E-state index in [1.54, 1.807) is 17.7 Å². The van der Waals surface area contributed by atoms with Gasteiger partial charge in [0.15, 0.2) is 5.82 Å². The number of nitrogens with zero attached hydrogens (tertiary/aromatic N) is 3. The van der Waals surface area contributed by atoms with Crippen LogP contribution in [-0.2, 0) is 6.42 Å². The summed E-state index contributed by atoms with van der Waals surface area (Å²) in [7, 11) is 0. The molecule has 4 aromatic rings. The van der Waals surface area contributed by atoms with Gasteiger partial charge in [0.25, 0.3) is 0 Å². The number of hydrogen-bond donors (Lipinski definition) is 2. The lowest BCUT2D eigenvalue weighted by atomic mass is 10.2. The van der Waals surface area contributed by atoms with E-state index >= 15 is 0 Å². The molecule has 0 saturated carbocycles. The number of rotatable bonds is 5. The third-order valence-electron chi connectivity index (χ3n) is 3.59. The summed E-state index contributed by atoms with van der Waals surface area (Å²) in [4.78, 5) is 17.6. The van der Waals surface area contributed by atoms with Gasteiger partial charge in [-0.05, 0) is 23.6 Å². The Bertz CT molecular complexity index is 900. The van der Waals surface area contributed by atoms with E-state index in [0.29, 0.717) is 0 Å². The van der Waals surface area contributed by atoms with E-state index < -0.39 is 0 Å². The first-order valence-corrected chi connectivity index (χ1v) is 8.30.